The minimum absolute atomic E-state index is 0.106. The third-order valence-electron chi connectivity index (χ3n) is 7.78. The van der Waals surface area contributed by atoms with Crippen LogP contribution in [0, 0.1) is 5.92 Å². The molecule has 0 amide bonds. The van der Waals surface area contributed by atoms with Crippen molar-refractivity contribution in [2.45, 2.75) is 39.0 Å². The van der Waals surface area contributed by atoms with Gasteiger partial charge in [0.2, 0.25) is 0 Å². The van der Waals surface area contributed by atoms with Crippen molar-refractivity contribution in [3.8, 4) is 34.5 Å². The van der Waals surface area contributed by atoms with Crippen molar-refractivity contribution >= 4 is 11.0 Å². The number of ether oxygens (including phenoxy) is 4. The number of methoxy groups -OCH3 is 3. The number of likely N-dealkylation sites (tertiary alicyclic amines) is 1. The molecular weight excluding hydrogens is 518 g/mol. The van der Waals surface area contributed by atoms with E-state index in [0.29, 0.717) is 22.7 Å². The molecule has 40 heavy (non-hydrogen) atoms. The summed E-state index contributed by atoms with van der Waals surface area (Å²) in [5.74, 6) is 2.13. The summed E-state index contributed by atoms with van der Waals surface area (Å²) in [7, 11) is 4.77. The van der Waals surface area contributed by atoms with Crippen LogP contribution in [-0.2, 0) is 0 Å². The lowest BCUT2D eigenvalue weighted by Crippen LogP contribution is -2.30. The fourth-order valence-electron chi connectivity index (χ4n) is 5.30. The van der Waals surface area contributed by atoms with Crippen molar-refractivity contribution in [1.29, 1.82) is 0 Å². The van der Waals surface area contributed by atoms with E-state index >= 15 is 0 Å². The largest absolute Gasteiger partial charge is 0.497 e. The lowest BCUT2D eigenvalue weighted by atomic mass is 10.0. The number of hydrogen-bond acceptors (Lipinski definition) is 7. The van der Waals surface area contributed by atoms with Gasteiger partial charge in [0, 0.05) is 24.1 Å². The Morgan fingerprint density at radius 3 is 2.35 bits per heavy atom. The molecule has 0 unspecified atom stereocenters. The molecule has 0 bridgehead atoms. The van der Waals surface area contributed by atoms with E-state index in [-0.39, 0.29) is 29.6 Å². The Morgan fingerprint density at radius 2 is 1.68 bits per heavy atom. The second kappa shape index (κ2) is 11.7. The van der Waals surface area contributed by atoms with Gasteiger partial charge in [0.15, 0.2) is 11.5 Å². The van der Waals surface area contributed by atoms with Crippen LogP contribution in [0.25, 0.3) is 22.3 Å². The summed E-state index contributed by atoms with van der Waals surface area (Å²) in [6.07, 6.45) is 2.01. The molecule has 1 aliphatic rings. The molecule has 10 heteroatoms. The molecule has 3 heterocycles. The highest BCUT2D eigenvalue weighted by Gasteiger charge is 2.32. The first-order chi connectivity index (χ1) is 19.3. The number of rotatable bonds is 10. The van der Waals surface area contributed by atoms with Crippen LogP contribution in [0.2, 0.25) is 0 Å². The zero-order chi connectivity index (χ0) is 28.4. The summed E-state index contributed by atoms with van der Waals surface area (Å²) in [5.41, 5.74) is 3.11. The second-order valence-corrected chi connectivity index (χ2v) is 9.99. The van der Waals surface area contributed by atoms with Gasteiger partial charge in [0.1, 0.15) is 11.9 Å². The molecule has 0 radical (unpaired) electrons. The van der Waals surface area contributed by atoms with Crippen LogP contribution in [-0.4, -0.2) is 60.0 Å². The standard InChI is InChI=1S/C30H34F2N4O4/c1-18(20-6-9-23(37-3)10-7-20)35-13-12-22(17-35)19(2)40-30-34-25-15-24(33-16-26(25)36(30)29(31)32)21-8-11-27(38-4)28(14-21)39-5/h6-11,14-16,18-19,22,29H,12-13,17H2,1-5H3/t18-,19-,22-/m1/s1. The van der Waals surface area contributed by atoms with Crippen molar-refractivity contribution in [3.63, 3.8) is 0 Å². The molecule has 0 aliphatic carbocycles. The quantitative estimate of drug-likeness (QED) is 0.226. The van der Waals surface area contributed by atoms with E-state index in [1.54, 1.807) is 39.5 Å². The fraction of sp³-hybridized carbons (Fsp3) is 0.400. The molecule has 2 aromatic heterocycles. The number of nitrogens with zero attached hydrogens (tertiary/aromatic N) is 4. The zero-order valence-electron chi connectivity index (χ0n) is 23.3. The molecule has 2 aromatic carbocycles. The molecule has 1 fully saturated rings. The van der Waals surface area contributed by atoms with Crippen LogP contribution in [0.4, 0.5) is 8.78 Å². The van der Waals surface area contributed by atoms with E-state index in [9.17, 15) is 8.78 Å². The number of imidazole rings is 1. The number of hydrogen-bond donors (Lipinski definition) is 0. The van der Waals surface area contributed by atoms with Gasteiger partial charge in [-0.15, -0.1) is 0 Å². The Bertz CT molecular complexity index is 1460. The first kappa shape index (κ1) is 27.6. The van der Waals surface area contributed by atoms with Crippen LogP contribution in [0.1, 0.15) is 38.4 Å². The van der Waals surface area contributed by atoms with Gasteiger partial charge in [-0.3, -0.25) is 9.88 Å². The molecule has 0 spiro atoms. The Morgan fingerprint density at radius 1 is 0.925 bits per heavy atom. The van der Waals surface area contributed by atoms with Crippen molar-refractivity contribution < 1.29 is 27.7 Å². The van der Waals surface area contributed by atoms with Gasteiger partial charge in [-0.05, 0) is 68.8 Å². The van der Waals surface area contributed by atoms with E-state index in [4.69, 9.17) is 18.9 Å². The number of fused-ring (bicyclic) bond motifs is 1. The average molecular weight is 553 g/mol. The van der Waals surface area contributed by atoms with Gasteiger partial charge in [-0.1, -0.05) is 12.1 Å². The van der Waals surface area contributed by atoms with Gasteiger partial charge in [-0.2, -0.15) is 13.8 Å². The third kappa shape index (κ3) is 5.40. The minimum Gasteiger partial charge on any atom is -0.497 e. The fourth-order valence-corrected chi connectivity index (χ4v) is 5.30. The van der Waals surface area contributed by atoms with Crippen LogP contribution in [0.3, 0.4) is 0 Å². The van der Waals surface area contributed by atoms with E-state index in [1.165, 1.54) is 11.8 Å². The Hall–Kier alpha value is -3.92. The van der Waals surface area contributed by atoms with Gasteiger partial charge in [0.25, 0.3) is 0 Å². The normalized spacial score (nSPS) is 17.2. The summed E-state index contributed by atoms with van der Waals surface area (Å²) >= 11 is 0. The van der Waals surface area contributed by atoms with Crippen molar-refractivity contribution in [2.75, 3.05) is 34.4 Å². The predicted molar refractivity (Wildman–Crippen MR) is 148 cm³/mol. The SMILES string of the molecule is COc1ccc([C@@H](C)N2CC[C@@H]([C@@H](C)Oc3nc4cc(-c5ccc(OC)c(OC)c5)ncc4n3C(F)F)C2)cc1. The zero-order valence-corrected chi connectivity index (χ0v) is 23.3. The molecule has 8 nitrogen and oxygen atoms in total. The average Bonchev–Trinajstić information content (AvgIpc) is 3.61. The molecule has 212 valence electrons. The summed E-state index contributed by atoms with van der Waals surface area (Å²) in [6, 6.07) is 15.3. The number of pyridine rings is 1. The number of alkyl halides is 2. The number of aromatic nitrogens is 3. The molecule has 0 N–H and O–H groups in total. The minimum atomic E-state index is -2.82. The second-order valence-electron chi connectivity index (χ2n) is 9.99. The van der Waals surface area contributed by atoms with Crippen LogP contribution in [0.15, 0.2) is 54.7 Å². The highest BCUT2D eigenvalue weighted by atomic mass is 19.3. The number of benzene rings is 2. The highest BCUT2D eigenvalue weighted by Crippen LogP contribution is 2.36. The molecule has 5 rings (SSSR count). The molecular formula is C30H34F2N4O4. The van der Waals surface area contributed by atoms with Crippen LogP contribution < -0.4 is 18.9 Å². The lowest BCUT2D eigenvalue weighted by molar-refractivity contribution is 0.0499. The van der Waals surface area contributed by atoms with Crippen LogP contribution >= 0.6 is 0 Å². The molecule has 4 aromatic rings. The summed E-state index contributed by atoms with van der Waals surface area (Å²) < 4.78 is 51.3. The first-order valence-corrected chi connectivity index (χ1v) is 13.3. The van der Waals surface area contributed by atoms with Crippen molar-refractivity contribution in [2.24, 2.45) is 5.92 Å². The Kier molecular flexibility index (Phi) is 8.07. The molecule has 3 atom stereocenters. The summed E-state index contributed by atoms with van der Waals surface area (Å²) in [6.45, 7) is 2.98. The number of halogens is 2. The molecule has 1 aliphatic heterocycles. The highest BCUT2D eigenvalue weighted by molar-refractivity contribution is 5.81. The first-order valence-electron chi connectivity index (χ1n) is 13.3. The lowest BCUT2D eigenvalue weighted by Gasteiger charge is -2.26. The van der Waals surface area contributed by atoms with Crippen LogP contribution in [0.5, 0.6) is 23.3 Å². The molecule has 0 saturated carbocycles. The van der Waals surface area contributed by atoms with Crippen molar-refractivity contribution in [3.05, 3.63) is 60.3 Å². The predicted octanol–water partition coefficient (Wildman–Crippen LogP) is 6.37. The third-order valence-corrected chi connectivity index (χ3v) is 7.78. The molecule has 1 saturated heterocycles. The maximum absolute atomic E-state index is 14.2. The summed E-state index contributed by atoms with van der Waals surface area (Å²) in [4.78, 5) is 11.3. The van der Waals surface area contributed by atoms with E-state index in [0.717, 1.165) is 35.4 Å². The van der Waals surface area contributed by atoms with Gasteiger partial charge in [0.05, 0.1) is 44.3 Å². The summed E-state index contributed by atoms with van der Waals surface area (Å²) in [5, 5.41) is 0. The smallest absolute Gasteiger partial charge is 0.323 e. The van der Waals surface area contributed by atoms with E-state index < -0.39 is 6.55 Å². The monoisotopic (exact) mass is 552 g/mol. The Labute approximate surface area is 232 Å². The van der Waals surface area contributed by atoms with Gasteiger partial charge >= 0.3 is 12.6 Å². The topological polar surface area (TPSA) is 70.9 Å². The maximum Gasteiger partial charge on any atom is 0.323 e. The Balaban J connectivity index is 1.34. The van der Waals surface area contributed by atoms with Gasteiger partial charge in [-0.25, -0.2) is 4.57 Å². The van der Waals surface area contributed by atoms with Gasteiger partial charge < -0.3 is 18.9 Å². The van der Waals surface area contributed by atoms with E-state index in [1.807, 2.05) is 25.1 Å². The maximum atomic E-state index is 14.2. The van der Waals surface area contributed by atoms with Crippen molar-refractivity contribution in [1.82, 2.24) is 19.4 Å². The van der Waals surface area contributed by atoms with E-state index in [2.05, 4.69) is 33.9 Å².